The van der Waals surface area contributed by atoms with Crippen molar-refractivity contribution in [1.82, 2.24) is 5.32 Å². The number of alkyl halides is 3. The molecule has 2 atom stereocenters. The van der Waals surface area contributed by atoms with Gasteiger partial charge in [-0.3, -0.25) is 4.79 Å². The first-order valence-corrected chi connectivity index (χ1v) is 7.97. The summed E-state index contributed by atoms with van der Waals surface area (Å²) in [5.41, 5.74) is -3.21. The third-order valence-electron chi connectivity index (χ3n) is 4.09. The highest BCUT2D eigenvalue weighted by atomic mass is 19.4. The second-order valence-electron chi connectivity index (χ2n) is 5.80. The zero-order chi connectivity index (χ0) is 20.1. The van der Waals surface area contributed by atoms with Crippen LogP contribution in [0.5, 0.6) is 0 Å². The number of ether oxygens (including phenoxy) is 1. The number of hydrogen-bond acceptors (Lipinski definition) is 3. The Morgan fingerprint density at radius 2 is 1.56 bits per heavy atom. The number of rotatable bonds is 7. The van der Waals surface area contributed by atoms with Crippen molar-refractivity contribution in [2.24, 2.45) is 0 Å². The van der Waals surface area contributed by atoms with Crippen molar-refractivity contribution in [1.29, 1.82) is 0 Å². The van der Waals surface area contributed by atoms with Gasteiger partial charge >= 0.3 is 12.1 Å². The van der Waals surface area contributed by atoms with Crippen LogP contribution in [0, 0.1) is 0 Å². The molecule has 0 bridgehead atoms. The molecular weight excluding hydrogens is 363 g/mol. The second kappa shape index (κ2) is 8.22. The summed E-state index contributed by atoms with van der Waals surface area (Å²) < 4.78 is 46.2. The zero-order valence-corrected chi connectivity index (χ0v) is 14.4. The molecule has 0 aliphatic rings. The summed E-state index contributed by atoms with van der Waals surface area (Å²) in [5, 5.41) is 11.3. The van der Waals surface area contributed by atoms with Crippen molar-refractivity contribution >= 4 is 11.9 Å². The highest BCUT2D eigenvalue weighted by Crippen LogP contribution is 2.42. The van der Waals surface area contributed by atoms with E-state index in [0.29, 0.717) is 5.56 Å². The first-order chi connectivity index (χ1) is 12.7. The first-order valence-electron chi connectivity index (χ1n) is 7.97. The van der Waals surface area contributed by atoms with Crippen LogP contribution in [0.2, 0.25) is 0 Å². The van der Waals surface area contributed by atoms with Gasteiger partial charge < -0.3 is 15.2 Å². The van der Waals surface area contributed by atoms with Gasteiger partial charge in [-0.05, 0) is 5.56 Å². The number of hydrogen-bond donors (Lipinski definition) is 2. The zero-order valence-electron chi connectivity index (χ0n) is 14.4. The van der Waals surface area contributed by atoms with Gasteiger partial charge in [0.15, 0.2) is 0 Å². The molecule has 1 amide bonds. The number of carboxylic acids is 1. The Labute approximate surface area is 153 Å². The molecule has 2 N–H and O–H groups in total. The molecule has 2 rings (SSSR count). The molecule has 2 aromatic rings. The molecule has 0 aliphatic carbocycles. The summed E-state index contributed by atoms with van der Waals surface area (Å²) in [7, 11) is 0.757. The monoisotopic (exact) mass is 381 g/mol. The van der Waals surface area contributed by atoms with Crippen LogP contribution >= 0.6 is 0 Å². The fourth-order valence-corrected chi connectivity index (χ4v) is 2.73. The van der Waals surface area contributed by atoms with Crippen molar-refractivity contribution in [3.63, 3.8) is 0 Å². The molecule has 0 spiro atoms. The van der Waals surface area contributed by atoms with Crippen LogP contribution < -0.4 is 5.32 Å². The van der Waals surface area contributed by atoms with E-state index in [0.717, 1.165) is 19.2 Å². The maximum atomic E-state index is 13.9. The average Bonchev–Trinajstić information content (AvgIpc) is 2.62. The molecular formula is C19H18F3NO4. The number of amides is 1. The molecule has 0 saturated carbocycles. The maximum Gasteiger partial charge on any atom is 0.430 e. The minimum Gasteiger partial charge on any atom is -0.480 e. The molecule has 8 heteroatoms. The van der Waals surface area contributed by atoms with Crippen molar-refractivity contribution in [3.05, 3.63) is 71.8 Å². The average molecular weight is 381 g/mol. The summed E-state index contributed by atoms with van der Waals surface area (Å²) in [5.74, 6) is -3.04. The van der Waals surface area contributed by atoms with E-state index >= 15 is 0 Å². The second-order valence-corrected chi connectivity index (χ2v) is 5.80. The van der Waals surface area contributed by atoms with Crippen LogP contribution in [0.4, 0.5) is 13.2 Å². The predicted molar refractivity (Wildman–Crippen MR) is 90.9 cm³/mol. The number of carboxylic acid groups (broad SMARTS) is 1. The molecule has 27 heavy (non-hydrogen) atoms. The van der Waals surface area contributed by atoms with Gasteiger partial charge in [0.05, 0.1) is 0 Å². The highest BCUT2D eigenvalue weighted by Gasteiger charge is 2.63. The van der Waals surface area contributed by atoms with E-state index in [9.17, 15) is 27.9 Å². The standard InChI is InChI=1S/C19H18F3NO4/c1-27-18(19(20,21)22,14-10-6-3-7-11-14)17(26)23-15(16(24)25)12-13-8-4-2-5-9-13/h2-11,15H,12H2,1H3,(H,23,26)(H,24,25)/t15-,18-/m1/s1. The van der Waals surface area contributed by atoms with E-state index in [1.807, 2.05) is 5.32 Å². The van der Waals surface area contributed by atoms with Crippen LogP contribution in [0.25, 0.3) is 0 Å². The number of aliphatic carboxylic acids is 1. The van der Waals surface area contributed by atoms with E-state index in [4.69, 9.17) is 0 Å². The molecule has 0 heterocycles. The van der Waals surface area contributed by atoms with Gasteiger partial charge in [-0.2, -0.15) is 13.2 Å². The smallest absolute Gasteiger partial charge is 0.430 e. The molecule has 0 unspecified atom stereocenters. The predicted octanol–water partition coefficient (Wildman–Crippen LogP) is 2.90. The Bertz CT molecular complexity index is 781. The van der Waals surface area contributed by atoms with Crippen molar-refractivity contribution in [3.8, 4) is 0 Å². The van der Waals surface area contributed by atoms with Crippen molar-refractivity contribution < 1.29 is 32.6 Å². The number of halogens is 3. The summed E-state index contributed by atoms with van der Waals surface area (Å²) in [6.07, 6.45) is -5.28. The first kappa shape index (κ1) is 20.4. The maximum absolute atomic E-state index is 13.9. The van der Waals surface area contributed by atoms with Crippen LogP contribution in [-0.2, 0) is 26.3 Å². The minimum atomic E-state index is -5.11. The molecule has 5 nitrogen and oxygen atoms in total. The lowest BCUT2D eigenvalue weighted by molar-refractivity contribution is -0.266. The van der Waals surface area contributed by atoms with Crippen LogP contribution in [0.15, 0.2) is 60.7 Å². The number of carbonyl (C=O) groups is 2. The van der Waals surface area contributed by atoms with Gasteiger partial charge in [0.2, 0.25) is 0 Å². The normalized spacial score (nSPS) is 14.8. The topological polar surface area (TPSA) is 75.6 Å². The van der Waals surface area contributed by atoms with E-state index in [-0.39, 0.29) is 6.42 Å². The van der Waals surface area contributed by atoms with E-state index in [1.54, 1.807) is 30.3 Å². The van der Waals surface area contributed by atoms with Crippen LogP contribution in [0.1, 0.15) is 11.1 Å². The lowest BCUT2D eigenvalue weighted by Crippen LogP contribution is -2.59. The van der Waals surface area contributed by atoms with Gasteiger partial charge in [-0.15, -0.1) is 0 Å². The lowest BCUT2D eigenvalue weighted by Gasteiger charge is -2.34. The Kier molecular flexibility index (Phi) is 6.22. The van der Waals surface area contributed by atoms with Gasteiger partial charge in [0.25, 0.3) is 11.5 Å². The minimum absolute atomic E-state index is 0.172. The summed E-state index contributed by atoms with van der Waals surface area (Å²) >= 11 is 0. The van der Waals surface area contributed by atoms with Gasteiger partial charge in [-0.25, -0.2) is 4.79 Å². The Balaban J connectivity index is 2.38. The quantitative estimate of drug-likeness (QED) is 0.773. The van der Waals surface area contributed by atoms with Gasteiger partial charge in [0, 0.05) is 19.1 Å². The lowest BCUT2D eigenvalue weighted by atomic mass is 9.91. The molecule has 0 aliphatic heterocycles. The van der Waals surface area contributed by atoms with E-state index < -0.39 is 35.3 Å². The summed E-state index contributed by atoms with van der Waals surface area (Å²) in [4.78, 5) is 24.1. The molecule has 2 aromatic carbocycles. The Hall–Kier alpha value is -2.87. The number of methoxy groups -OCH3 is 1. The fourth-order valence-electron chi connectivity index (χ4n) is 2.73. The van der Waals surface area contributed by atoms with E-state index in [2.05, 4.69) is 4.74 Å². The third kappa shape index (κ3) is 4.28. The van der Waals surface area contributed by atoms with Crippen molar-refractivity contribution in [2.45, 2.75) is 24.2 Å². The van der Waals surface area contributed by atoms with Gasteiger partial charge in [0.1, 0.15) is 6.04 Å². The van der Waals surface area contributed by atoms with Crippen LogP contribution in [0.3, 0.4) is 0 Å². The fraction of sp³-hybridized carbons (Fsp3) is 0.263. The van der Waals surface area contributed by atoms with Gasteiger partial charge in [-0.1, -0.05) is 60.7 Å². The largest absolute Gasteiger partial charge is 0.480 e. The third-order valence-corrected chi connectivity index (χ3v) is 4.09. The molecule has 0 radical (unpaired) electrons. The van der Waals surface area contributed by atoms with E-state index in [1.165, 1.54) is 18.2 Å². The Morgan fingerprint density at radius 1 is 1.04 bits per heavy atom. The molecule has 0 fully saturated rings. The number of benzene rings is 2. The summed E-state index contributed by atoms with van der Waals surface area (Å²) in [6, 6.07) is 13.1. The van der Waals surface area contributed by atoms with Crippen LogP contribution in [-0.4, -0.2) is 36.3 Å². The number of carbonyl (C=O) groups excluding carboxylic acids is 1. The molecule has 0 saturated heterocycles. The SMILES string of the molecule is CO[C@@](C(=O)N[C@H](Cc1ccccc1)C(=O)O)(c1ccccc1)C(F)(F)F. The highest BCUT2D eigenvalue weighted by molar-refractivity contribution is 5.91. The molecule has 0 aromatic heterocycles. The number of nitrogens with one attached hydrogen (secondary N) is 1. The molecule has 144 valence electrons. The summed E-state index contributed by atoms with van der Waals surface area (Å²) in [6.45, 7) is 0. The Morgan fingerprint density at radius 3 is 2.00 bits per heavy atom. The van der Waals surface area contributed by atoms with Crippen molar-refractivity contribution in [2.75, 3.05) is 7.11 Å².